The number of hydrogen-bond acceptors (Lipinski definition) is 6. The van der Waals surface area contributed by atoms with E-state index in [0.29, 0.717) is 23.7 Å². The largest absolute Gasteiger partial charge is 0.497 e. The number of ether oxygens (including phenoxy) is 3. The lowest BCUT2D eigenvalue weighted by atomic mass is 10.1. The molecule has 154 valence electrons. The van der Waals surface area contributed by atoms with Crippen LogP contribution >= 0.6 is 0 Å². The monoisotopic (exact) mass is 405 g/mol. The van der Waals surface area contributed by atoms with Gasteiger partial charge in [0.2, 0.25) is 5.88 Å². The molecule has 3 aromatic rings. The van der Waals surface area contributed by atoms with Crippen molar-refractivity contribution >= 4 is 5.91 Å². The lowest BCUT2D eigenvalue weighted by Crippen LogP contribution is -2.31. The molecule has 1 aromatic heterocycles. The molecule has 30 heavy (non-hydrogen) atoms. The zero-order chi connectivity index (χ0) is 20.8. The van der Waals surface area contributed by atoms with Gasteiger partial charge in [0.1, 0.15) is 17.8 Å². The summed E-state index contributed by atoms with van der Waals surface area (Å²) in [4.78, 5) is 20.9. The Morgan fingerprint density at radius 1 is 1.13 bits per heavy atom. The van der Waals surface area contributed by atoms with Crippen molar-refractivity contribution in [1.29, 1.82) is 0 Å². The van der Waals surface area contributed by atoms with Crippen LogP contribution in [0.5, 0.6) is 17.4 Å². The number of carbonyl (C=O) groups excluding carboxylic acids is 1. The second kappa shape index (κ2) is 9.37. The van der Waals surface area contributed by atoms with E-state index in [1.54, 1.807) is 37.4 Å². The van der Waals surface area contributed by atoms with Crippen LogP contribution in [-0.2, 0) is 4.74 Å². The predicted octanol–water partition coefficient (Wildman–Crippen LogP) is 3.85. The first-order valence-corrected chi connectivity index (χ1v) is 9.85. The second-order valence-corrected chi connectivity index (χ2v) is 6.94. The van der Waals surface area contributed by atoms with E-state index in [9.17, 15) is 4.79 Å². The van der Waals surface area contributed by atoms with Crippen LogP contribution in [0.25, 0.3) is 11.3 Å². The Morgan fingerprint density at radius 2 is 2.00 bits per heavy atom. The van der Waals surface area contributed by atoms with Crippen LogP contribution in [0, 0.1) is 0 Å². The summed E-state index contributed by atoms with van der Waals surface area (Å²) in [5, 5.41) is 2.92. The maximum absolute atomic E-state index is 12.4. The van der Waals surface area contributed by atoms with E-state index in [1.807, 2.05) is 24.3 Å². The smallest absolute Gasteiger partial charge is 0.251 e. The summed E-state index contributed by atoms with van der Waals surface area (Å²) in [7, 11) is 1.63. The van der Waals surface area contributed by atoms with E-state index in [1.165, 1.54) is 6.33 Å². The van der Waals surface area contributed by atoms with Gasteiger partial charge in [-0.25, -0.2) is 9.97 Å². The highest BCUT2D eigenvalue weighted by Gasteiger charge is 2.17. The van der Waals surface area contributed by atoms with E-state index >= 15 is 0 Å². The molecule has 0 radical (unpaired) electrons. The number of amides is 1. The lowest BCUT2D eigenvalue weighted by molar-refractivity contribution is 0.0857. The molecule has 7 nitrogen and oxygen atoms in total. The minimum Gasteiger partial charge on any atom is -0.497 e. The molecule has 1 aliphatic rings. The zero-order valence-electron chi connectivity index (χ0n) is 16.7. The fourth-order valence-corrected chi connectivity index (χ4v) is 3.25. The van der Waals surface area contributed by atoms with Crippen LogP contribution in [0.2, 0.25) is 0 Å². The highest BCUT2D eigenvalue weighted by atomic mass is 16.5. The fraction of sp³-hybridized carbons (Fsp3) is 0.261. The Bertz CT molecular complexity index is 1000. The number of rotatable bonds is 7. The molecule has 0 spiro atoms. The highest BCUT2D eigenvalue weighted by molar-refractivity contribution is 5.94. The Balaban J connectivity index is 1.43. The summed E-state index contributed by atoms with van der Waals surface area (Å²) in [6.07, 6.45) is 3.58. The van der Waals surface area contributed by atoms with Crippen LogP contribution in [0.4, 0.5) is 0 Å². The third-order valence-electron chi connectivity index (χ3n) is 4.86. The third-order valence-corrected chi connectivity index (χ3v) is 4.86. The molecule has 7 heteroatoms. The lowest BCUT2D eigenvalue weighted by Gasteiger charge is -2.11. The summed E-state index contributed by atoms with van der Waals surface area (Å²) in [6.45, 7) is 1.28. The first-order chi connectivity index (χ1) is 14.7. The molecule has 1 atom stereocenters. The van der Waals surface area contributed by atoms with Crippen molar-refractivity contribution in [2.75, 3.05) is 20.3 Å². The summed E-state index contributed by atoms with van der Waals surface area (Å²) in [5.74, 6) is 1.54. The van der Waals surface area contributed by atoms with Crippen molar-refractivity contribution in [3.8, 4) is 28.6 Å². The summed E-state index contributed by atoms with van der Waals surface area (Å²) < 4.78 is 16.6. The molecule has 2 aromatic carbocycles. The molecule has 0 aliphatic carbocycles. The van der Waals surface area contributed by atoms with E-state index in [4.69, 9.17) is 14.2 Å². The van der Waals surface area contributed by atoms with Gasteiger partial charge in [0.25, 0.3) is 5.91 Å². The minimum atomic E-state index is -0.155. The van der Waals surface area contributed by atoms with Gasteiger partial charge in [-0.2, -0.15) is 0 Å². The number of hydrogen-bond donors (Lipinski definition) is 1. The van der Waals surface area contributed by atoms with E-state index in [-0.39, 0.29) is 12.0 Å². The maximum atomic E-state index is 12.4. The zero-order valence-corrected chi connectivity index (χ0v) is 16.7. The van der Waals surface area contributed by atoms with Gasteiger partial charge in [0.15, 0.2) is 0 Å². The highest BCUT2D eigenvalue weighted by Crippen LogP contribution is 2.25. The fourth-order valence-electron chi connectivity index (χ4n) is 3.25. The molecule has 4 rings (SSSR count). The number of aromatic nitrogens is 2. The molecule has 1 unspecified atom stereocenters. The van der Waals surface area contributed by atoms with Crippen molar-refractivity contribution in [2.24, 2.45) is 0 Å². The first kappa shape index (κ1) is 19.8. The average Bonchev–Trinajstić information content (AvgIpc) is 3.32. The maximum Gasteiger partial charge on any atom is 0.251 e. The first-order valence-electron chi connectivity index (χ1n) is 9.85. The van der Waals surface area contributed by atoms with Crippen LogP contribution in [0.3, 0.4) is 0 Å². The van der Waals surface area contributed by atoms with Crippen molar-refractivity contribution in [2.45, 2.75) is 18.9 Å². The quantitative estimate of drug-likeness (QED) is 0.643. The SMILES string of the molecule is COc1ccc(-c2cc(Oc3cccc(C(=O)NCC4CCCO4)c3)ncn2)cc1. The Morgan fingerprint density at radius 3 is 2.77 bits per heavy atom. The normalized spacial score (nSPS) is 15.6. The summed E-state index contributed by atoms with van der Waals surface area (Å²) >= 11 is 0. The Labute approximate surface area is 175 Å². The topological polar surface area (TPSA) is 82.6 Å². The van der Waals surface area contributed by atoms with Crippen molar-refractivity contribution in [3.63, 3.8) is 0 Å². The van der Waals surface area contributed by atoms with Crippen LogP contribution < -0.4 is 14.8 Å². The van der Waals surface area contributed by atoms with Crippen LogP contribution in [0.1, 0.15) is 23.2 Å². The number of nitrogens with one attached hydrogen (secondary N) is 1. The molecule has 0 bridgehead atoms. The summed E-state index contributed by atoms with van der Waals surface area (Å²) in [6, 6.07) is 16.3. The minimum absolute atomic E-state index is 0.103. The van der Waals surface area contributed by atoms with Gasteiger partial charge in [-0.3, -0.25) is 4.79 Å². The Kier molecular flexibility index (Phi) is 6.20. The molecular formula is C23H23N3O4. The number of benzene rings is 2. The standard InChI is InChI=1S/C23H23N3O4/c1-28-18-9-7-16(8-10-18)21-13-22(26-15-25-21)30-19-5-2-4-17(12-19)23(27)24-14-20-6-3-11-29-20/h2,4-5,7-10,12-13,15,20H,3,6,11,14H2,1H3,(H,24,27). The predicted molar refractivity (Wildman–Crippen MR) is 112 cm³/mol. The second-order valence-electron chi connectivity index (χ2n) is 6.94. The number of methoxy groups -OCH3 is 1. The van der Waals surface area contributed by atoms with Gasteiger partial charge in [-0.1, -0.05) is 6.07 Å². The van der Waals surface area contributed by atoms with Crippen molar-refractivity contribution in [3.05, 3.63) is 66.5 Å². The van der Waals surface area contributed by atoms with E-state index < -0.39 is 0 Å². The number of nitrogens with zero attached hydrogens (tertiary/aromatic N) is 2. The Hall–Kier alpha value is -3.45. The van der Waals surface area contributed by atoms with E-state index in [0.717, 1.165) is 36.5 Å². The molecule has 1 aliphatic heterocycles. The van der Waals surface area contributed by atoms with E-state index in [2.05, 4.69) is 15.3 Å². The molecule has 1 saturated heterocycles. The van der Waals surface area contributed by atoms with Crippen molar-refractivity contribution in [1.82, 2.24) is 15.3 Å². The molecular weight excluding hydrogens is 382 g/mol. The summed E-state index contributed by atoms with van der Waals surface area (Å²) in [5.41, 5.74) is 2.17. The van der Waals surface area contributed by atoms with Crippen LogP contribution in [0.15, 0.2) is 60.9 Å². The van der Waals surface area contributed by atoms with Gasteiger partial charge >= 0.3 is 0 Å². The molecule has 1 amide bonds. The van der Waals surface area contributed by atoms with Gasteiger partial charge in [0, 0.05) is 30.3 Å². The molecule has 2 heterocycles. The average molecular weight is 405 g/mol. The van der Waals surface area contributed by atoms with Gasteiger partial charge in [-0.05, 0) is 55.3 Å². The van der Waals surface area contributed by atoms with Gasteiger partial charge in [-0.15, -0.1) is 0 Å². The van der Waals surface area contributed by atoms with Gasteiger partial charge < -0.3 is 19.5 Å². The molecule has 1 fully saturated rings. The van der Waals surface area contributed by atoms with Crippen molar-refractivity contribution < 1.29 is 19.0 Å². The van der Waals surface area contributed by atoms with Gasteiger partial charge in [0.05, 0.1) is 18.9 Å². The third kappa shape index (κ3) is 4.93. The molecule has 0 saturated carbocycles. The molecule has 1 N–H and O–H groups in total. The van der Waals surface area contributed by atoms with Crippen LogP contribution in [-0.4, -0.2) is 42.2 Å². The number of carbonyl (C=O) groups is 1.